The van der Waals surface area contributed by atoms with E-state index in [0.717, 1.165) is 0 Å². The molecular formula is C13H14N2O3. The van der Waals surface area contributed by atoms with Gasteiger partial charge in [-0.25, -0.2) is 4.79 Å². The molecule has 0 radical (unpaired) electrons. The molecule has 0 unspecified atom stereocenters. The van der Waals surface area contributed by atoms with E-state index in [2.05, 4.69) is 16.2 Å². The maximum absolute atomic E-state index is 11.7. The van der Waals surface area contributed by atoms with Crippen molar-refractivity contribution in [3.8, 4) is 12.3 Å². The molecule has 1 aromatic rings. The van der Waals surface area contributed by atoms with Crippen molar-refractivity contribution < 1.29 is 14.7 Å². The van der Waals surface area contributed by atoms with Gasteiger partial charge in [0, 0.05) is 12.6 Å². The molecule has 0 aliphatic heterocycles. The number of carboxylic acid groups (broad SMARTS) is 1. The number of hydrogen-bond donors (Lipinski definition) is 2. The summed E-state index contributed by atoms with van der Waals surface area (Å²) in [5.74, 6) is 0.860. The number of carbonyl (C=O) groups is 2. The molecule has 0 fully saturated rings. The lowest BCUT2D eigenvalue weighted by atomic mass is 10.1. The topological polar surface area (TPSA) is 79.3 Å². The molecule has 1 amide bonds. The summed E-state index contributed by atoms with van der Waals surface area (Å²) >= 11 is 0. The van der Waals surface area contributed by atoms with E-state index in [4.69, 9.17) is 11.5 Å². The largest absolute Gasteiger partial charge is 0.480 e. The van der Waals surface area contributed by atoms with Crippen LogP contribution in [0.15, 0.2) is 24.4 Å². The van der Waals surface area contributed by atoms with Crippen LogP contribution in [0.4, 0.5) is 0 Å². The van der Waals surface area contributed by atoms with Gasteiger partial charge in [-0.05, 0) is 25.0 Å². The molecule has 0 saturated carbocycles. The van der Waals surface area contributed by atoms with Crippen molar-refractivity contribution in [3.63, 3.8) is 0 Å². The number of hydrogen-bond acceptors (Lipinski definition) is 3. The standard InChI is InChI=1S/C13H14N2O3/c1-2-3-4-8-11(13(17)18)15-12(16)10-7-5-6-9-14-10/h1,5-7,9,11H,3-4,8H2,(H,15,16)(H,17,18)/t11-/m0/s1. The first-order valence-electron chi connectivity index (χ1n) is 5.53. The lowest BCUT2D eigenvalue weighted by Gasteiger charge is -2.13. The molecule has 0 aliphatic carbocycles. The Balaban J connectivity index is 2.59. The van der Waals surface area contributed by atoms with Crippen LogP contribution in [-0.4, -0.2) is 28.0 Å². The minimum absolute atomic E-state index is 0.195. The summed E-state index contributed by atoms with van der Waals surface area (Å²) in [4.78, 5) is 26.5. The molecule has 94 valence electrons. The number of rotatable bonds is 6. The average molecular weight is 246 g/mol. The summed E-state index contributed by atoms with van der Waals surface area (Å²) < 4.78 is 0. The molecule has 2 N–H and O–H groups in total. The number of aliphatic carboxylic acids is 1. The molecule has 5 heteroatoms. The van der Waals surface area contributed by atoms with Gasteiger partial charge >= 0.3 is 5.97 Å². The second-order valence-corrected chi connectivity index (χ2v) is 3.68. The summed E-state index contributed by atoms with van der Waals surface area (Å²) in [6.07, 6.45) is 7.91. The fourth-order valence-corrected chi connectivity index (χ4v) is 1.39. The summed E-state index contributed by atoms with van der Waals surface area (Å²) in [7, 11) is 0. The first-order valence-corrected chi connectivity index (χ1v) is 5.53. The third kappa shape index (κ3) is 4.26. The van der Waals surface area contributed by atoms with Gasteiger partial charge < -0.3 is 10.4 Å². The molecule has 0 aromatic carbocycles. The van der Waals surface area contributed by atoms with Crippen molar-refractivity contribution in [3.05, 3.63) is 30.1 Å². The Hall–Kier alpha value is -2.35. The van der Waals surface area contributed by atoms with E-state index in [9.17, 15) is 9.59 Å². The highest BCUT2D eigenvalue weighted by atomic mass is 16.4. The Bertz CT molecular complexity index is 451. The van der Waals surface area contributed by atoms with Crippen LogP contribution in [-0.2, 0) is 4.79 Å². The van der Waals surface area contributed by atoms with Gasteiger partial charge in [0.05, 0.1) is 0 Å². The highest BCUT2D eigenvalue weighted by Crippen LogP contribution is 2.02. The van der Waals surface area contributed by atoms with Crippen molar-refractivity contribution in [1.82, 2.24) is 10.3 Å². The zero-order valence-corrected chi connectivity index (χ0v) is 9.80. The third-order valence-corrected chi connectivity index (χ3v) is 2.31. The Morgan fingerprint density at radius 3 is 2.83 bits per heavy atom. The smallest absolute Gasteiger partial charge is 0.326 e. The highest BCUT2D eigenvalue weighted by molar-refractivity contribution is 5.94. The van der Waals surface area contributed by atoms with Crippen LogP contribution in [0.5, 0.6) is 0 Å². The Morgan fingerprint density at radius 1 is 1.50 bits per heavy atom. The number of amides is 1. The highest BCUT2D eigenvalue weighted by Gasteiger charge is 2.20. The minimum Gasteiger partial charge on any atom is -0.480 e. The molecule has 1 aromatic heterocycles. The number of aromatic nitrogens is 1. The fraction of sp³-hybridized carbons (Fsp3) is 0.308. The van der Waals surface area contributed by atoms with Gasteiger partial charge in [-0.3, -0.25) is 9.78 Å². The molecule has 1 rings (SSSR count). The summed E-state index contributed by atoms with van der Waals surface area (Å²) in [6.45, 7) is 0. The van der Waals surface area contributed by atoms with E-state index in [1.807, 2.05) is 0 Å². The quantitative estimate of drug-likeness (QED) is 0.581. The van der Waals surface area contributed by atoms with Gasteiger partial charge in [0.2, 0.25) is 0 Å². The first-order chi connectivity index (χ1) is 8.65. The normalized spacial score (nSPS) is 11.3. The van der Waals surface area contributed by atoms with Crippen LogP contribution in [0.2, 0.25) is 0 Å². The van der Waals surface area contributed by atoms with Gasteiger partial charge in [0.15, 0.2) is 0 Å². The molecule has 0 spiro atoms. The Morgan fingerprint density at radius 2 is 2.28 bits per heavy atom. The molecule has 18 heavy (non-hydrogen) atoms. The maximum atomic E-state index is 11.7. The lowest BCUT2D eigenvalue weighted by molar-refractivity contribution is -0.139. The number of unbranched alkanes of at least 4 members (excludes halogenated alkanes) is 1. The molecule has 0 saturated heterocycles. The number of nitrogens with one attached hydrogen (secondary N) is 1. The predicted octanol–water partition coefficient (Wildman–Crippen LogP) is 1.07. The molecule has 1 heterocycles. The molecule has 0 bridgehead atoms. The summed E-state index contributed by atoms with van der Waals surface area (Å²) in [5.41, 5.74) is 0.195. The zero-order valence-electron chi connectivity index (χ0n) is 9.80. The van der Waals surface area contributed by atoms with Gasteiger partial charge in [0.1, 0.15) is 11.7 Å². The van der Waals surface area contributed by atoms with Crippen molar-refractivity contribution in [2.24, 2.45) is 0 Å². The van der Waals surface area contributed by atoms with E-state index in [0.29, 0.717) is 19.3 Å². The van der Waals surface area contributed by atoms with Crippen molar-refractivity contribution in [2.75, 3.05) is 0 Å². The number of carbonyl (C=O) groups excluding carboxylic acids is 1. The number of pyridine rings is 1. The van der Waals surface area contributed by atoms with Gasteiger partial charge in [-0.2, -0.15) is 0 Å². The molecular weight excluding hydrogens is 232 g/mol. The van der Waals surface area contributed by atoms with E-state index < -0.39 is 17.9 Å². The van der Waals surface area contributed by atoms with Crippen molar-refractivity contribution >= 4 is 11.9 Å². The van der Waals surface area contributed by atoms with Gasteiger partial charge in [-0.1, -0.05) is 6.07 Å². The maximum Gasteiger partial charge on any atom is 0.326 e. The van der Waals surface area contributed by atoms with E-state index in [-0.39, 0.29) is 5.69 Å². The Labute approximate surface area is 105 Å². The van der Waals surface area contributed by atoms with Crippen LogP contribution >= 0.6 is 0 Å². The number of carboxylic acids is 1. The van der Waals surface area contributed by atoms with E-state index >= 15 is 0 Å². The van der Waals surface area contributed by atoms with E-state index in [1.165, 1.54) is 12.3 Å². The second-order valence-electron chi connectivity index (χ2n) is 3.68. The fourth-order valence-electron chi connectivity index (χ4n) is 1.39. The van der Waals surface area contributed by atoms with Crippen molar-refractivity contribution in [1.29, 1.82) is 0 Å². The molecule has 0 aliphatic rings. The van der Waals surface area contributed by atoms with E-state index in [1.54, 1.807) is 12.1 Å². The average Bonchev–Trinajstić information content (AvgIpc) is 2.38. The third-order valence-electron chi connectivity index (χ3n) is 2.31. The molecule has 1 atom stereocenters. The predicted molar refractivity (Wildman–Crippen MR) is 65.8 cm³/mol. The van der Waals surface area contributed by atoms with Crippen LogP contribution in [0.1, 0.15) is 29.8 Å². The zero-order chi connectivity index (χ0) is 13.4. The van der Waals surface area contributed by atoms with Crippen LogP contribution < -0.4 is 5.32 Å². The lowest BCUT2D eigenvalue weighted by Crippen LogP contribution is -2.41. The van der Waals surface area contributed by atoms with Crippen molar-refractivity contribution in [2.45, 2.75) is 25.3 Å². The van der Waals surface area contributed by atoms with Crippen LogP contribution in [0.25, 0.3) is 0 Å². The minimum atomic E-state index is -1.07. The summed E-state index contributed by atoms with van der Waals surface area (Å²) in [5, 5.41) is 11.4. The molecule has 5 nitrogen and oxygen atoms in total. The summed E-state index contributed by atoms with van der Waals surface area (Å²) in [6, 6.07) is 3.93. The SMILES string of the molecule is C#CCCC[C@H](NC(=O)c1ccccn1)C(=O)O. The van der Waals surface area contributed by atoms with Crippen LogP contribution in [0.3, 0.4) is 0 Å². The number of nitrogens with zero attached hydrogens (tertiary/aromatic N) is 1. The Kier molecular flexibility index (Phi) is 5.39. The van der Waals surface area contributed by atoms with Gasteiger partial charge in [-0.15, -0.1) is 12.3 Å². The first kappa shape index (κ1) is 13.7. The number of terminal acetylenes is 1. The second kappa shape index (κ2) is 7.07. The van der Waals surface area contributed by atoms with Crippen LogP contribution in [0, 0.1) is 12.3 Å². The van der Waals surface area contributed by atoms with Gasteiger partial charge in [0.25, 0.3) is 5.91 Å². The monoisotopic (exact) mass is 246 g/mol.